The van der Waals surface area contributed by atoms with Crippen LogP contribution < -0.4 is 11.1 Å². The number of nitrogens with one attached hydrogen (secondary N) is 1. The Balaban J connectivity index is 2.37. The van der Waals surface area contributed by atoms with Crippen molar-refractivity contribution in [3.05, 3.63) is 0 Å². The quantitative estimate of drug-likeness (QED) is 0.722. The lowest BCUT2D eigenvalue weighted by molar-refractivity contribution is -0.124. The second kappa shape index (κ2) is 6.53. The summed E-state index contributed by atoms with van der Waals surface area (Å²) in [7, 11) is 0. The number of hydrogen-bond acceptors (Lipinski definition) is 3. The van der Waals surface area contributed by atoms with Crippen LogP contribution in [0.15, 0.2) is 0 Å². The molecule has 106 valence electrons. The maximum absolute atomic E-state index is 11.5. The van der Waals surface area contributed by atoms with Gasteiger partial charge in [0.15, 0.2) is 0 Å². The molecule has 0 aromatic carbocycles. The van der Waals surface area contributed by atoms with E-state index in [4.69, 9.17) is 5.73 Å². The fourth-order valence-corrected chi connectivity index (χ4v) is 3.02. The molecule has 1 heterocycles. The predicted molar refractivity (Wildman–Crippen MR) is 75.3 cm³/mol. The molecule has 4 heteroatoms. The highest BCUT2D eigenvalue weighted by atomic mass is 16.1. The van der Waals surface area contributed by atoms with Crippen LogP contribution in [0.1, 0.15) is 47.0 Å². The van der Waals surface area contributed by atoms with Crippen molar-refractivity contribution in [3.8, 4) is 0 Å². The highest BCUT2D eigenvalue weighted by Gasteiger charge is 2.30. The number of nitrogens with two attached hydrogens (primary N) is 1. The van der Waals surface area contributed by atoms with Gasteiger partial charge in [0.1, 0.15) is 0 Å². The van der Waals surface area contributed by atoms with Crippen LogP contribution in [0.25, 0.3) is 0 Å². The summed E-state index contributed by atoms with van der Waals surface area (Å²) in [5.41, 5.74) is 4.93. The molecular weight excluding hydrogens is 226 g/mol. The molecule has 3 unspecified atom stereocenters. The van der Waals surface area contributed by atoms with E-state index in [1.54, 1.807) is 0 Å². The van der Waals surface area contributed by atoms with Crippen molar-refractivity contribution in [2.45, 2.75) is 58.5 Å². The van der Waals surface area contributed by atoms with Crippen molar-refractivity contribution in [1.82, 2.24) is 10.2 Å². The van der Waals surface area contributed by atoms with Gasteiger partial charge in [-0.3, -0.25) is 4.79 Å². The second-order valence-electron chi connectivity index (χ2n) is 6.02. The molecule has 3 atom stereocenters. The number of carbonyl (C=O) groups excluding carboxylic acids is 1. The summed E-state index contributed by atoms with van der Waals surface area (Å²) >= 11 is 0. The van der Waals surface area contributed by atoms with Crippen molar-refractivity contribution in [2.24, 2.45) is 11.7 Å². The Morgan fingerprint density at radius 2 is 2.17 bits per heavy atom. The third-order valence-corrected chi connectivity index (χ3v) is 4.15. The number of amides is 1. The maximum Gasteiger partial charge on any atom is 0.237 e. The first-order valence-corrected chi connectivity index (χ1v) is 7.18. The first kappa shape index (κ1) is 15.4. The third kappa shape index (κ3) is 3.95. The van der Waals surface area contributed by atoms with Crippen molar-refractivity contribution >= 4 is 5.91 Å². The van der Waals surface area contributed by atoms with Crippen LogP contribution in [-0.4, -0.2) is 42.0 Å². The number of carbonyl (C=O) groups is 1. The minimum Gasteiger partial charge on any atom is -0.368 e. The monoisotopic (exact) mass is 255 g/mol. The minimum absolute atomic E-state index is 0.243. The topological polar surface area (TPSA) is 58.4 Å². The SMILES string of the molecule is CCNC(C)(CCCN1CC(C)CC1C)C(N)=O. The summed E-state index contributed by atoms with van der Waals surface area (Å²) in [4.78, 5) is 14.0. The molecule has 0 aliphatic carbocycles. The summed E-state index contributed by atoms with van der Waals surface area (Å²) < 4.78 is 0. The average Bonchev–Trinajstić information content (AvgIpc) is 2.57. The van der Waals surface area contributed by atoms with Gasteiger partial charge in [0, 0.05) is 12.6 Å². The van der Waals surface area contributed by atoms with Crippen LogP contribution in [-0.2, 0) is 4.79 Å². The van der Waals surface area contributed by atoms with Crippen molar-refractivity contribution in [3.63, 3.8) is 0 Å². The fraction of sp³-hybridized carbons (Fsp3) is 0.929. The van der Waals surface area contributed by atoms with E-state index in [2.05, 4.69) is 24.1 Å². The average molecular weight is 255 g/mol. The molecule has 18 heavy (non-hydrogen) atoms. The number of rotatable bonds is 7. The normalized spacial score (nSPS) is 28.2. The Kier molecular flexibility index (Phi) is 5.60. The molecule has 1 amide bonds. The van der Waals surface area contributed by atoms with Gasteiger partial charge in [-0.15, -0.1) is 0 Å². The van der Waals surface area contributed by atoms with E-state index in [0.29, 0.717) is 6.04 Å². The van der Waals surface area contributed by atoms with Gasteiger partial charge in [0.25, 0.3) is 0 Å². The molecule has 1 saturated heterocycles. The van der Waals surface area contributed by atoms with Gasteiger partial charge < -0.3 is 16.0 Å². The smallest absolute Gasteiger partial charge is 0.237 e. The van der Waals surface area contributed by atoms with Gasteiger partial charge in [-0.2, -0.15) is 0 Å². The summed E-state index contributed by atoms with van der Waals surface area (Å²) in [5.74, 6) is 0.559. The lowest BCUT2D eigenvalue weighted by Gasteiger charge is -2.28. The molecule has 0 bridgehead atoms. The number of hydrogen-bond donors (Lipinski definition) is 2. The second-order valence-corrected chi connectivity index (χ2v) is 6.02. The maximum atomic E-state index is 11.5. The van der Waals surface area contributed by atoms with Crippen LogP contribution in [0.5, 0.6) is 0 Å². The number of nitrogens with zero attached hydrogens (tertiary/aromatic N) is 1. The Labute approximate surface area is 111 Å². The van der Waals surface area contributed by atoms with Gasteiger partial charge in [-0.25, -0.2) is 0 Å². The van der Waals surface area contributed by atoms with E-state index in [9.17, 15) is 4.79 Å². The molecule has 1 aliphatic rings. The van der Waals surface area contributed by atoms with Crippen LogP contribution in [0.4, 0.5) is 0 Å². The molecule has 0 aromatic rings. The molecule has 4 nitrogen and oxygen atoms in total. The van der Waals surface area contributed by atoms with Crippen LogP contribution in [0, 0.1) is 5.92 Å². The summed E-state index contributed by atoms with van der Waals surface area (Å²) in [5, 5.41) is 3.21. The van der Waals surface area contributed by atoms with Gasteiger partial charge in [-0.1, -0.05) is 13.8 Å². The fourth-order valence-electron chi connectivity index (χ4n) is 3.02. The molecule has 0 saturated carbocycles. The number of primary amides is 1. The lowest BCUT2D eigenvalue weighted by atomic mass is 9.94. The Bertz CT molecular complexity index is 282. The zero-order chi connectivity index (χ0) is 13.8. The minimum atomic E-state index is -0.552. The largest absolute Gasteiger partial charge is 0.368 e. The number of likely N-dealkylation sites (tertiary alicyclic amines) is 1. The van der Waals surface area contributed by atoms with E-state index in [0.717, 1.165) is 31.8 Å². The highest BCUT2D eigenvalue weighted by Crippen LogP contribution is 2.23. The zero-order valence-corrected chi connectivity index (χ0v) is 12.3. The summed E-state index contributed by atoms with van der Waals surface area (Å²) in [6.07, 6.45) is 3.12. The first-order chi connectivity index (χ1) is 8.39. The molecule has 1 rings (SSSR count). The molecule has 3 N–H and O–H groups in total. The van der Waals surface area contributed by atoms with Crippen molar-refractivity contribution in [2.75, 3.05) is 19.6 Å². The summed E-state index contributed by atoms with van der Waals surface area (Å²) in [6, 6.07) is 0.680. The molecular formula is C14H29N3O. The van der Waals surface area contributed by atoms with E-state index in [1.807, 2.05) is 13.8 Å². The first-order valence-electron chi connectivity index (χ1n) is 7.18. The van der Waals surface area contributed by atoms with E-state index in [-0.39, 0.29) is 5.91 Å². The van der Waals surface area contributed by atoms with Gasteiger partial charge >= 0.3 is 0 Å². The van der Waals surface area contributed by atoms with Gasteiger partial charge in [0.05, 0.1) is 5.54 Å². The van der Waals surface area contributed by atoms with E-state index >= 15 is 0 Å². The predicted octanol–water partition coefficient (Wildman–Crippen LogP) is 1.35. The molecule has 0 aromatic heterocycles. The standard InChI is InChI=1S/C14H29N3O/c1-5-16-14(4,13(15)18)7-6-8-17-10-11(2)9-12(17)3/h11-12,16H,5-10H2,1-4H3,(H2,15,18). The van der Waals surface area contributed by atoms with Gasteiger partial charge in [-0.05, 0) is 52.1 Å². The van der Waals surface area contributed by atoms with Gasteiger partial charge in [0.2, 0.25) is 5.91 Å². The zero-order valence-electron chi connectivity index (χ0n) is 12.3. The van der Waals surface area contributed by atoms with Crippen LogP contribution in [0.3, 0.4) is 0 Å². The van der Waals surface area contributed by atoms with Crippen molar-refractivity contribution < 1.29 is 4.79 Å². The Morgan fingerprint density at radius 3 is 2.61 bits per heavy atom. The lowest BCUT2D eigenvalue weighted by Crippen LogP contribution is -2.53. The summed E-state index contributed by atoms with van der Waals surface area (Å²) in [6.45, 7) is 11.6. The van der Waals surface area contributed by atoms with Crippen LogP contribution >= 0.6 is 0 Å². The molecule has 1 aliphatic heterocycles. The van der Waals surface area contributed by atoms with Crippen LogP contribution in [0.2, 0.25) is 0 Å². The van der Waals surface area contributed by atoms with E-state index < -0.39 is 5.54 Å². The Hall–Kier alpha value is -0.610. The molecule has 0 spiro atoms. The van der Waals surface area contributed by atoms with Crippen molar-refractivity contribution in [1.29, 1.82) is 0 Å². The third-order valence-electron chi connectivity index (χ3n) is 4.15. The Morgan fingerprint density at radius 1 is 1.50 bits per heavy atom. The molecule has 0 radical (unpaired) electrons. The highest BCUT2D eigenvalue weighted by molar-refractivity contribution is 5.84. The molecule has 1 fully saturated rings. The van der Waals surface area contributed by atoms with E-state index in [1.165, 1.54) is 13.0 Å². The number of likely N-dealkylation sites (N-methyl/N-ethyl adjacent to an activating group) is 1.